The van der Waals surface area contributed by atoms with Gasteiger partial charge in [-0.3, -0.25) is 0 Å². The zero-order valence-electron chi connectivity index (χ0n) is 10.5. The van der Waals surface area contributed by atoms with Crippen molar-refractivity contribution in [3.05, 3.63) is 71.3 Å². The number of benzene rings is 2. The van der Waals surface area contributed by atoms with E-state index in [0.29, 0.717) is 13.0 Å². The van der Waals surface area contributed by atoms with Gasteiger partial charge in [0.05, 0.1) is 12.5 Å². The zero-order chi connectivity index (χ0) is 13.1. The maximum absolute atomic E-state index is 8.99. The van der Waals surface area contributed by atoms with Crippen LogP contribution in [0.1, 0.15) is 17.5 Å². The van der Waals surface area contributed by atoms with E-state index in [2.05, 4.69) is 18.2 Å². The summed E-state index contributed by atoms with van der Waals surface area (Å²) in [5.41, 5.74) is 4.41. The van der Waals surface area contributed by atoms with Gasteiger partial charge in [0.2, 0.25) is 0 Å². The lowest BCUT2D eigenvalue weighted by atomic mass is 9.90. The number of nitriles is 1. The highest BCUT2D eigenvalue weighted by molar-refractivity contribution is 5.86. The minimum Gasteiger partial charge on any atom is -0.489 e. The molecule has 0 amide bonds. The van der Waals surface area contributed by atoms with Crippen LogP contribution >= 0.6 is 0 Å². The molecule has 0 unspecified atom stereocenters. The number of nitrogens with zero attached hydrogens (tertiary/aromatic N) is 1. The Balaban J connectivity index is 2.21. The van der Waals surface area contributed by atoms with E-state index in [1.807, 2.05) is 42.5 Å². The first-order chi connectivity index (χ1) is 9.40. The van der Waals surface area contributed by atoms with Crippen LogP contribution in [0, 0.1) is 11.3 Å². The minimum atomic E-state index is 0.401. The Morgan fingerprint density at radius 1 is 1.00 bits per heavy atom. The van der Waals surface area contributed by atoms with Crippen molar-refractivity contribution in [2.75, 3.05) is 6.61 Å². The van der Waals surface area contributed by atoms with Crippen molar-refractivity contribution in [3.8, 4) is 11.8 Å². The molecular formula is C17H13NO. The highest BCUT2D eigenvalue weighted by atomic mass is 16.5. The molecule has 0 saturated carbocycles. The Kier molecular flexibility index (Phi) is 3.04. The van der Waals surface area contributed by atoms with Gasteiger partial charge in [0.15, 0.2) is 0 Å². The van der Waals surface area contributed by atoms with Crippen LogP contribution in [0.15, 0.2) is 60.2 Å². The van der Waals surface area contributed by atoms with Gasteiger partial charge in [-0.1, -0.05) is 48.5 Å². The highest BCUT2D eigenvalue weighted by Crippen LogP contribution is 2.37. The molecule has 19 heavy (non-hydrogen) atoms. The third-order valence-corrected chi connectivity index (χ3v) is 3.27. The molecule has 0 spiro atoms. The number of rotatable bonds is 2. The minimum absolute atomic E-state index is 0.401. The third kappa shape index (κ3) is 2.11. The molecule has 0 aliphatic carbocycles. The Morgan fingerprint density at radius 3 is 2.53 bits per heavy atom. The van der Waals surface area contributed by atoms with Gasteiger partial charge in [-0.05, 0) is 22.8 Å². The SMILES string of the molecule is N#CCC1=C(c2ccccc2)c2ccccc2OC1. The smallest absolute Gasteiger partial charge is 0.127 e. The molecule has 0 aromatic heterocycles. The van der Waals surface area contributed by atoms with Gasteiger partial charge in [0, 0.05) is 5.56 Å². The molecule has 2 aromatic carbocycles. The van der Waals surface area contributed by atoms with Crippen molar-refractivity contribution in [2.24, 2.45) is 0 Å². The summed E-state index contributed by atoms with van der Waals surface area (Å²) in [6, 6.07) is 20.4. The first-order valence-electron chi connectivity index (χ1n) is 6.27. The standard InChI is InChI=1S/C17H13NO/c18-11-10-14-12-19-16-9-5-4-8-15(16)17(14)13-6-2-1-3-7-13/h1-9H,10,12H2. The fraction of sp³-hybridized carbons (Fsp3) is 0.118. The number of fused-ring (bicyclic) bond motifs is 1. The van der Waals surface area contributed by atoms with Crippen molar-refractivity contribution in [1.29, 1.82) is 5.26 Å². The topological polar surface area (TPSA) is 33.0 Å². The van der Waals surface area contributed by atoms with E-state index in [0.717, 1.165) is 28.0 Å². The maximum Gasteiger partial charge on any atom is 0.127 e. The van der Waals surface area contributed by atoms with Gasteiger partial charge in [-0.15, -0.1) is 0 Å². The summed E-state index contributed by atoms with van der Waals surface area (Å²) in [7, 11) is 0. The summed E-state index contributed by atoms with van der Waals surface area (Å²) >= 11 is 0. The molecule has 0 radical (unpaired) electrons. The van der Waals surface area contributed by atoms with E-state index in [1.165, 1.54) is 0 Å². The molecule has 1 aliphatic rings. The summed E-state index contributed by atoms with van der Waals surface area (Å²) in [5.74, 6) is 0.892. The van der Waals surface area contributed by atoms with Crippen LogP contribution in [0.2, 0.25) is 0 Å². The predicted molar refractivity (Wildman–Crippen MR) is 74.6 cm³/mol. The van der Waals surface area contributed by atoms with Crippen LogP contribution in [0.3, 0.4) is 0 Å². The number of hydrogen-bond acceptors (Lipinski definition) is 2. The van der Waals surface area contributed by atoms with Crippen LogP contribution < -0.4 is 4.74 Å². The fourth-order valence-electron chi connectivity index (χ4n) is 2.43. The molecular weight excluding hydrogens is 234 g/mol. The van der Waals surface area contributed by atoms with E-state index < -0.39 is 0 Å². The Morgan fingerprint density at radius 2 is 1.74 bits per heavy atom. The zero-order valence-corrected chi connectivity index (χ0v) is 10.5. The molecule has 1 heterocycles. The lowest BCUT2D eigenvalue weighted by Gasteiger charge is -2.23. The Bertz CT molecular complexity index is 665. The third-order valence-electron chi connectivity index (χ3n) is 3.27. The van der Waals surface area contributed by atoms with Crippen LogP contribution in [-0.2, 0) is 0 Å². The van der Waals surface area contributed by atoms with Gasteiger partial charge in [-0.25, -0.2) is 0 Å². The molecule has 3 rings (SSSR count). The average molecular weight is 247 g/mol. The lowest BCUT2D eigenvalue weighted by molar-refractivity contribution is 0.344. The van der Waals surface area contributed by atoms with Crippen LogP contribution in [0.25, 0.3) is 5.57 Å². The lowest BCUT2D eigenvalue weighted by Crippen LogP contribution is -2.11. The molecule has 2 nitrogen and oxygen atoms in total. The molecule has 2 heteroatoms. The largest absolute Gasteiger partial charge is 0.489 e. The molecule has 1 aliphatic heterocycles. The van der Waals surface area contributed by atoms with Gasteiger partial charge < -0.3 is 4.74 Å². The van der Waals surface area contributed by atoms with Gasteiger partial charge in [0.25, 0.3) is 0 Å². The van der Waals surface area contributed by atoms with E-state index in [9.17, 15) is 0 Å². The molecule has 0 N–H and O–H groups in total. The van der Waals surface area contributed by atoms with Crippen LogP contribution in [-0.4, -0.2) is 6.61 Å². The summed E-state index contributed by atoms with van der Waals surface area (Å²) in [6.45, 7) is 0.495. The fourth-order valence-corrected chi connectivity index (χ4v) is 2.43. The maximum atomic E-state index is 8.99. The molecule has 0 fully saturated rings. The van der Waals surface area contributed by atoms with Crippen LogP contribution in [0.5, 0.6) is 5.75 Å². The van der Waals surface area contributed by atoms with Crippen molar-refractivity contribution in [2.45, 2.75) is 6.42 Å². The van der Waals surface area contributed by atoms with Crippen LogP contribution in [0.4, 0.5) is 0 Å². The van der Waals surface area contributed by atoms with E-state index >= 15 is 0 Å². The van der Waals surface area contributed by atoms with Gasteiger partial charge in [-0.2, -0.15) is 5.26 Å². The Hall–Kier alpha value is -2.53. The molecule has 2 aromatic rings. The van der Waals surface area contributed by atoms with E-state index in [4.69, 9.17) is 10.00 Å². The molecule has 0 saturated heterocycles. The van der Waals surface area contributed by atoms with E-state index in [1.54, 1.807) is 0 Å². The summed E-state index contributed by atoms with van der Waals surface area (Å²) in [6.07, 6.45) is 0.401. The monoisotopic (exact) mass is 247 g/mol. The normalized spacial score (nSPS) is 13.4. The van der Waals surface area contributed by atoms with Gasteiger partial charge >= 0.3 is 0 Å². The van der Waals surface area contributed by atoms with Gasteiger partial charge in [0.1, 0.15) is 12.4 Å². The highest BCUT2D eigenvalue weighted by Gasteiger charge is 2.20. The summed E-state index contributed by atoms with van der Waals surface area (Å²) in [4.78, 5) is 0. The van der Waals surface area contributed by atoms with Crippen molar-refractivity contribution < 1.29 is 4.74 Å². The summed E-state index contributed by atoms with van der Waals surface area (Å²) < 4.78 is 5.73. The van der Waals surface area contributed by atoms with Crippen molar-refractivity contribution in [3.63, 3.8) is 0 Å². The second-order valence-electron chi connectivity index (χ2n) is 4.46. The number of hydrogen-bond donors (Lipinski definition) is 0. The average Bonchev–Trinajstić information content (AvgIpc) is 2.48. The van der Waals surface area contributed by atoms with E-state index in [-0.39, 0.29) is 0 Å². The first kappa shape index (κ1) is 11.6. The first-order valence-corrected chi connectivity index (χ1v) is 6.27. The van der Waals surface area contributed by atoms with Crippen molar-refractivity contribution in [1.82, 2.24) is 0 Å². The predicted octanol–water partition coefficient (Wildman–Crippen LogP) is 3.79. The molecule has 0 bridgehead atoms. The summed E-state index contributed by atoms with van der Waals surface area (Å²) in [5, 5.41) is 8.99. The van der Waals surface area contributed by atoms with Crippen molar-refractivity contribution >= 4 is 5.57 Å². The quantitative estimate of drug-likeness (QED) is 0.808. The number of para-hydroxylation sites is 1. The number of ether oxygens (including phenoxy) is 1. The molecule has 92 valence electrons. The second-order valence-corrected chi connectivity index (χ2v) is 4.46. The Labute approximate surface area is 112 Å². The molecule has 0 atom stereocenters. The second kappa shape index (κ2) is 4.99.